The zero-order valence-corrected chi connectivity index (χ0v) is 6.73. The van der Waals surface area contributed by atoms with Gasteiger partial charge in [0.05, 0.1) is 6.10 Å². The van der Waals surface area contributed by atoms with Crippen LogP contribution in [0.3, 0.4) is 0 Å². The van der Waals surface area contributed by atoms with E-state index < -0.39 is 12.1 Å². The van der Waals surface area contributed by atoms with Gasteiger partial charge in [0.25, 0.3) is 0 Å². The number of carboxylic acids is 1. The first kappa shape index (κ1) is 10.7. The van der Waals surface area contributed by atoms with Crippen LogP contribution < -0.4 is 0 Å². The fourth-order valence-electron chi connectivity index (χ4n) is 0.656. The number of aliphatic carboxylic acids is 1. The molecule has 1 unspecified atom stereocenters. The lowest BCUT2D eigenvalue weighted by Crippen LogP contribution is -2.05. The Morgan fingerprint density at radius 3 is 2.42 bits per heavy atom. The molecule has 0 aromatic heterocycles. The van der Waals surface area contributed by atoms with Crippen molar-refractivity contribution >= 4 is 5.97 Å². The highest BCUT2D eigenvalue weighted by molar-refractivity contribution is 5.86. The maximum atomic E-state index is 10.5. The van der Waals surface area contributed by atoms with Gasteiger partial charge in [-0.25, -0.2) is 4.79 Å². The quantitative estimate of drug-likeness (QED) is 0.477. The van der Waals surface area contributed by atoms with Crippen molar-refractivity contribution in [1.82, 2.24) is 0 Å². The molecular weight excluding hydrogens is 156 g/mol. The summed E-state index contributed by atoms with van der Waals surface area (Å²) < 4.78 is 0. The fraction of sp³-hybridized carbons (Fsp3) is 0.222. The molecule has 66 valence electrons. The van der Waals surface area contributed by atoms with E-state index in [4.69, 9.17) is 10.2 Å². The molecule has 0 aliphatic heterocycles. The number of rotatable bonds is 5. The minimum absolute atomic E-state index is 0.123. The van der Waals surface area contributed by atoms with Gasteiger partial charge in [-0.15, -0.1) is 13.2 Å². The van der Waals surface area contributed by atoms with E-state index in [1.54, 1.807) is 0 Å². The maximum Gasteiger partial charge on any atom is 0.331 e. The number of carboxylic acid groups (broad SMARTS) is 1. The molecule has 3 heteroatoms. The first-order valence-electron chi connectivity index (χ1n) is 3.47. The molecule has 0 spiro atoms. The van der Waals surface area contributed by atoms with E-state index in [1.165, 1.54) is 18.2 Å². The lowest BCUT2D eigenvalue weighted by Gasteiger charge is -2.00. The maximum absolute atomic E-state index is 10.5. The summed E-state index contributed by atoms with van der Waals surface area (Å²) in [5, 5.41) is 17.6. The zero-order chi connectivity index (χ0) is 9.56. The van der Waals surface area contributed by atoms with E-state index in [-0.39, 0.29) is 12.0 Å². The van der Waals surface area contributed by atoms with Crippen LogP contribution >= 0.6 is 0 Å². The highest BCUT2D eigenvalue weighted by Crippen LogP contribution is 2.04. The molecule has 0 amide bonds. The topological polar surface area (TPSA) is 57.5 Å². The summed E-state index contributed by atoms with van der Waals surface area (Å²) in [5.74, 6) is -1.05. The molecule has 0 aliphatic rings. The van der Waals surface area contributed by atoms with Crippen LogP contribution in [0.1, 0.15) is 6.42 Å². The van der Waals surface area contributed by atoms with Crippen LogP contribution in [-0.2, 0) is 4.79 Å². The summed E-state index contributed by atoms with van der Waals surface area (Å²) in [6.45, 7) is 6.72. The van der Waals surface area contributed by atoms with Crippen molar-refractivity contribution in [3.05, 3.63) is 37.0 Å². The highest BCUT2D eigenvalue weighted by Gasteiger charge is 2.06. The van der Waals surface area contributed by atoms with Gasteiger partial charge in [0.1, 0.15) is 0 Å². The van der Waals surface area contributed by atoms with E-state index in [1.807, 2.05) is 0 Å². The third-order valence-electron chi connectivity index (χ3n) is 1.25. The smallest absolute Gasteiger partial charge is 0.331 e. The van der Waals surface area contributed by atoms with Crippen molar-refractivity contribution in [1.29, 1.82) is 0 Å². The van der Waals surface area contributed by atoms with Crippen LogP contribution in [0.15, 0.2) is 37.0 Å². The Labute approximate surface area is 71.3 Å². The lowest BCUT2D eigenvalue weighted by molar-refractivity contribution is -0.132. The number of hydrogen-bond acceptors (Lipinski definition) is 2. The molecular formula is C9H12O3. The number of allylic oxidation sites excluding steroid dienone is 1. The molecule has 0 aliphatic carbocycles. The number of aliphatic hydroxyl groups excluding tert-OH is 1. The van der Waals surface area contributed by atoms with Gasteiger partial charge in [0.2, 0.25) is 0 Å². The van der Waals surface area contributed by atoms with Crippen molar-refractivity contribution in [3.63, 3.8) is 0 Å². The van der Waals surface area contributed by atoms with Crippen molar-refractivity contribution in [2.75, 3.05) is 0 Å². The Hall–Kier alpha value is -1.35. The Bertz CT molecular complexity index is 216. The zero-order valence-electron chi connectivity index (χ0n) is 6.73. The van der Waals surface area contributed by atoms with Gasteiger partial charge in [-0.2, -0.15) is 0 Å². The molecule has 0 aromatic carbocycles. The molecule has 1 atom stereocenters. The van der Waals surface area contributed by atoms with E-state index in [2.05, 4.69) is 13.2 Å². The molecule has 0 radical (unpaired) electrons. The Morgan fingerprint density at radius 1 is 1.50 bits per heavy atom. The predicted octanol–water partition coefficient (Wildman–Crippen LogP) is 1.12. The number of aliphatic hydroxyl groups is 1. The van der Waals surface area contributed by atoms with Crippen molar-refractivity contribution in [2.45, 2.75) is 12.5 Å². The number of carbonyl (C=O) groups is 1. The molecule has 0 rings (SSSR count). The Balaban J connectivity index is 4.47. The first-order valence-corrected chi connectivity index (χ1v) is 3.47. The minimum Gasteiger partial charge on any atom is -0.478 e. The third kappa shape index (κ3) is 3.73. The van der Waals surface area contributed by atoms with Gasteiger partial charge >= 0.3 is 5.97 Å². The van der Waals surface area contributed by atoms with Gasteiger partial charge in [0.15, 0.2) is 0 Å². The molecule has 0 saturated carbocycles. The highest BCUT2D eigenvalue weighted by atomic mass is 16.4. The number of hydrogen-bond donors (Lipinski definition) is 2. The first-order chi connectivity index (χ1) is 5.61. The summed E-state index contributed by atoms with van der Waals surface area (Å²) in [6.07, 6.45) is 3.29. The Kier molecular flexibility index (Phi) is 4.72. The monoisotopic (exact) mass is 168 g/mol. The van der Waals surface area contributed by atoms with Crippen molar-refractivity contribution in [3.8, 4) is 0 Å². The predicted molar refractivity (Wildman–Crippen MR) is 46.7 cm³/mol. The van der Waals surface area contributed by atoms with Crippen LogP contribution in [0.2, 0.25) is 0 Å². The minimum atomic E-state index is -1.05. The lowest BCUT2D eigenvalue weighted by atomic mass is 10.1. The van der Waals surface area contributed by atoms with Crippen LogP contribution in [0.4, 0.5) is 0 Å². The average Bonchev–Trinajstić information content (AvgIpc) is 2.03. The molecule has 2 N–H and O–H groups in total. The normalized spacial score (nSPS) is 13.6. The summed E-state index contributed by atoms with van der Waals surface area (Å²) in [7, 11) is 0. The standard InChI is InChI=1S/C9H12O3/c1-3-5-7(9(11)12)6-8(10)4-2/h3-4,6,8,10H,1-2,5H2,(H,11,12). The van der Waals surface area contributed by atoms with Gasteiger partial charge in [0, 0.05) is 5.57 Å². The SMILES string of the molecule is C=CCC(=CC(O)C=C)C(=O)O. The second-order valence-corrected chi connectivity index (χ2v) is 2.22. The molecule has 0 heterocycles. The van der Waals surface area contributed by atoms with Crippen molar-refractivity contribution in [2.24, 2.45) is 0 Å². The molecule has 3 nitrogen and oxygen atoms in total. The molecule has 0 fully saturated rings. The second kappa shape index (κ2) is 5.32. The van der Waals surface area contributed by atoms with Gasteiger partial charge in [-0.3, -0.25) is 0 Å². The van der Waals surface area contributed by atoms with Crippen LogP contribution in [0, 0.1) is 0 Å². The van der Waals surface area contributed by atoms with E-state index in [0.29, 0.717) is 0 Å². The van der Waals surface area contributed by atoms with E-state index >= 15 is 0 Å². The molecule has 0 aromatic rings. The Morgan fingerprint density at radius 2 is 2.08 bits per heavy atom. The molecule has 12 heavy (non-hydrogen) atoms. The van der Waals surface area contributed by atoms with Gasteiger partial charge in [-0.05, 0) is 12.5 Å². The van der Waals surface area contributed by atoms with Crippen LogP contribution in [0.5, 0.6) is 0 Å². The van der Waals surface area contributed by atoms with E-state index in [0.717, 1.165) is 0 Å². The average molecular weight is 168 g/mol. The van der Waals surface area contributed by atoms with Gasteiger partial charge in [-0.1, -0.05) is 12.2 Å². The largest absolute Gasteiger partial charge is 0.478 e. The summed E-state index contributed by atoms with van der Waals surface area (Å²) >= 11 is 0. The van der Waals surface area contributed by atoms with Crippen molar-refractivity contribution < 1.29 is 15.0 Å². The second-order valence-electron chi connectivity index (χ2n) is 2.22. The fourth-order valence-corrected chi connectivity index (χ4v) is 0.656. The van der Waals surface area contributed by atoms with Crippen LogP contribution in [-0.4, -0.2) is 22.3 Å². The molecule has 0 saturated heterocycles. The summed E-state index contributed by atoms with van der Waals surface area (Å²) in [6, 6.07) is 0. The third-order valence-corrected chi connectivity index (χ3v) is 1.25. The van der Waals surface area contributed by atoms with Gasteiger partial charge < -0.3 is 10.2 Å². The summed E-state index contributed by atoms with van der Waals surface area (Å²) in [4.78, 5) is 10.5. The van der Waals surface area contributed by atoms with Crippen LogP contribution in [0.25, 0.3) is 0 Å². The molecule has 0 bridgehead atoms. The van der Waals surface area contributed by atoms with E-state index in [9.17, 15) is 4.79 Å². The summed E-state index contributed by atoms with van der Waals surface area (Å²) in [5.41, 5.74) is 0.123.